The number of carbonyl (C=O) groups is 1. The Labute approximate surface area is 104 Å². The molecule has 0 atom stereocenters. The van der Waals surface area contributed by atoms with E-state index in [1.807, 2.05) is 18.2 Å². The molecular weight excluding hydrogens is 239 g/mol. The molecule has 2 aromatic rings. The maximum Gasteiger partial charge on any atom is 0.132 e. The summed E-state index contributed by atoms with van der Waals surface area (Å²) in [7, 11) is 0. The van der Waals surface area contributed by atoms with Crippen molar-refractivity contribution in [2.75, 3.05) is 0 Å². The molecular formula is C14H10ClFO. The van der Waals surface area contributed by atoms with Crippen molar-refractivity contribution in [3.8, 4) is 11.1 Å². The first-order valence-electron chi connectivity index (χ1n) is 5.19. The zero-order chi connectivity index (χ0) is 12.3. The molecule has 17 heavy (non-hydrogen) atoms. The molecule has 0 aliphatic rings. The van der Waals surface area contributed by atoms with Crippen LogP contribution in [-0.4, -0.2) is 6.29 Å². The number of benzene rings is 2. The van der Waals surface area contributed by atoms with Crippen LogP contribution in [0.3, 0.4) is 0 Å². The first-order chi connectivity index (χ1) is 8.22. The molecule has 0 fully saturated rings. The number of hydrogen-bond donors (Lipinski definition) is 0. The summed E-state index contributed by atoms with van der Waals surface area (Å²) in [6.45, 7) is 0. The molecule has 0 aromatic heterocycles. The van der Waals surface area contributed by atoms with Gasteiger partial charge in [0, 0.05) is 17.0 Å². The summed E-state index contributed by atoms with van der Waals surface area (Å²) >= 11 is 5.71. The molecule has 0 N–H and O–H groups in total. The first-order valence-corrected chi connectivity index (χ1v) is 5.57. The van der Waals surface area contributed by atoms with E-state index in [-0.39, 0.29) is 12.2 Å². The fraction of sp³-hybridized carbons (Fsp3) is 0.0714. The van der Waals surface area contributed by atoms with E-state index in [1.165, 1.54) is 6.07 Å². The maximum absolute atomic E-state index is 13.8. The van der Waals surface area contributed by atoms with Crippen molar-refractivity contribution in [3.63, 3.8) is 0 Å². The third-order valence-electron chi connectivity index (χ3n) is 2.54. The van der Waals surface area contributed by atoms with Gasteiger partial charge >= 0.3 is 0 Å². The molecule has 0 aliphatic carbocycles. The molecule has 0 saturated heterocycles. The molecule has 2 rings (SSSR count). The van der Waals surface area contributed by atoms with Gasteiger partial charge in [-0.1, -0.05) is 35.9 Å². The van der Waals surface area contributed by atoms with Crippen molar-refractivity contribution >= 4 is 17.9 Å². The van der Waals surface area contributed by atoms with E-state index in [0.29, 0.717) is 10.6 Å². The van der Waals surface area contributed by atoms with E-state index >= 15 is 0 Å². The van der Waals surface area contributed by atoms with Crippen LogP contribution in [0.2, 0.25) is 5.02 Å². The molecule has 0 heterocycles. The summed E-state index contributed by atoms with van der Waals surface area (Å²) in [6.07, 6.45) is 1.09. The first kappa shape index (κ1) is 11.8. The number of aldehydes is 1. The van der Waals surface area contributed by atoms with Crippen molar-refractivity contribution < 1.29 is 9.18 Å². The Bertz CT molecular complexity index is 552. The van der Waals surface area contributed by atoms with Gasteiger partial charge in [0.2, 0.25) is 0 Å². The van der Waals surface area contributed by atoms with Crippen LogP contribution in [0, 0.1) is 5.82 Å². The van der Waals surface area contributed by atoms with E-state index in [4.69, 9.17) is 11.6 Å². The molecule has 0 aliphatic heterocycles. The van der Waals surface area contributed by atoms with Crippen molar-refractivity contribution in [2.24, 2.45) is 0 Å². The van der Waals surface area contributed by atoms with Crippen molar-refractivity contribution in [3.05, 3.63) is 58.9 Å². The van der Waals surface area contributed by atoms with Gasteiger partial charge in [-0.15, -0.1) is 0 Å². The molecule has 0 amide bonds. The monoisotopic (exact) mass is 248 g/mol. The number of halogens is 2. The Morgan fingerprint density at radius 3 is 2.59 bits per heavy atom. The van der Waals surface area contributed by atoms with Crippen LogP contribution in [0.15, 0.2) is 42.5 Å². The smallest absolute Gasteiger partial charge is 0.132 e. The average Bonchev–Trinajstić information content (AvgIpc) is 2.31. The number of hydrogen-bond acceptors (Lipinski definition) is 1. The fourth-order valence-corrected chi connectivity index (χ4v) is 1.92. The highest BCUT2D eigenvalue weighted by Crippen LogP contribution is 2.28. The third-order valence-corrected chi connectivity index (χ3v) is 2.78. The Hall–Kier alpha value is -1.67. The minimum absolute atomic E-state index is 0.276. The van der Waals surface area contributed by atoms with E-state index < -0.39 is 0 Å². The van der Waals surface area contributed by atoms with Gasteiger partial charge in [-0.2, -0.15) is 0 Å². The number of carbonyl (C=O) groups excluding carboxylic acids is 1. The highest BCUT2D eigenvalue weighted by molar-refractivity contribution is 6.30. The second-order valence-corrected chi connectivity index (χ2v) is 4.09. The van der Waals surface area contributed by atoms with E-state index in [2.05, 4.69) is 0 Å². The van der Waals surface area contributed by atoms with Gasteiger partial charge in [0.15, 0.2) is 0 Å². The molecule has 2 aromatic carbocycles. The van der Waals surface area contributed by atoms with Gasteiger partial charge in [-0.3, -0.25) is 0 Å². The quantitative estimate of drug-likeness (QED) is 0.754. The normalized spacial score (nSPS) is 10.2. The Morgan fingerprint density at radius 2 is 1.88 bits per heavy atom. The largest absolute Gasteiger partial charge is 0.303 e. The van der Waals surface area contributed by atoms with Gasteiger partial charge < -0.3 is 4.79 Å². The number of rotatable bonds is 3. The van der Waals surface area contributed by atoms with Crippen LogP contribution in [0.4, 0.5) is 4.39 Å². The Morgan fingerprint density at radius 1 is 1.12 bits per heavy atom. The predicted molar refractivity (Wildman–Crippen MR) is 66.6 cm³/mol. The zero-order valence-electron chi connectivity index (χ0n) is 8.99. The molecule has 0 saturated carbocycles. The predicted octanol–water partition coefficient (Wildman–Crippen LogP) is 3.89. The van der Waals surface area contributed by atoms with E-state index in [1.54, 1.807) is 18.2 Å². The van der Waals surface area contributed by atoms with Crippen molar-refractivity contribution in [2.45, 2.75) is 6.42 Å². The summed E-state index contributed by atoms with van der Waals surface area (Å²) in [5, 5.41) is 0.360. The van der Waals surface area contributed by atoms with Crippen LogP contribution >= 0.6 is 11.6 Å². The van der Waals surface area contributed by atoms with Gasteiger partial charge in [0.1, 0.15) is 12.1 Å². The fourth-order valence-electron chi connectivity index (χ4n) is 1.76. The summed E-state index contributed by atoms with van der Waals surface area (Å²) in [4.78, 5) is 10.6. The molecule has 0 unspecified atom stereocenters. The second-order valence-electron chi connectivity index (χ2n) is 3.65. The van der Waals surface area contributed by atoms with Crippen LogP contribution in [0.1, 0.15) is 5.56 Å². The molecule has 3 heteroatoms. The summed E-state index contributed by atoms with van der Waals surface area (Å²) < 4.78 is 13.8. The van der Waals surface area contributed by atoms with Crippen molar-refractivity contribution in [1.29, 1.82) is 0 Å². The van der Waals surface area contributed by atoms with Gasteiger partial charge in [0.05, 0.1) is 0 Å². The third kappa shape index (κ3) is 2.53. The summed E-state index contributed by atoms with van der Waals surface area (Å²) in [5.74, 6) is -0.379. The lowest BCUT2D eigenvalue weighted by Gasteiger charge is -2.08. The zero-order valence-corrected chi connectivity index (χ0v) is 9.75. The van der Waals surface area contributed by atoms with Gasteiger partial charge in [0.25, 0.3) is 0 Å². The molecule has 0 radical (unpaired) electrons. The molecule has 1 nitrogen and oxygen atoms in total. The summed E-state index contributed by atoms with van der Waals surface area (Å²) in [6, 6.07) is 11.8. The Balaban J connectivity index is 2.55. The SMILES string of the molecule is O=CCc1ccccc1-c1ccc(Cl)cc1F. The molecule has 0 spiro atoms. The Kier molecular flexibility index (Phi) is 3.55. The maximum atomic E-state index is 13.8. The minimum Gasteiger partial charge on any atom is -0.303 e. The van der Waals surface area contributed by atoms with Crippen molar-refractivity contribution in [1.82, 2.24) is 0 Å². The van der Waals surface area contributed by atoms with E-state index in [0.717, 1.165) is 17.4 Å². The lowest BCUT2D eigenvalue weighted by Crippen LogP contribution is -1.93. The topological polar surface area (TPSA) is 17.1 Å². The highest BCUT2D eigenvalue weighted by Gasteiger charge is 2.09. The van der Waals surface area contributed by atoms with Gasteiger partial charge in [-0.25, -0.2) is 4.39 Å². The average molecular weight is 249 g/mol. The van der Waals surface area contributed by atoms with Gasteiger partial charge in [-0.05, 0) is 29.3 Å². The van der Waals surface area contributed by atoms with Crippen LogP contribution in [0.5, 0.6) is 0 Å². The molecule has 0 bridgehead atoms. The lowest BCUT2D eigenvalue weighted by atomic mass is 9.98. The van der Waals surface area contributed by atoms with Crippen LogP contribution < -0.4 is 0 Å². The van der Waals surface area contributed by atoms with E-state index in [9.17, 15) is 9.18 Å². The molecule has 86 valence electrons. The van der Waals surface area contributed by atoms with Crippen LogP contribution in [0.25, 0.3) is 11.1 Å². The minimum atomic E-state index is -0.379. The summed E-state index contributed by atoms with van der Waals surface area (Å²) in [5.41, 5.74) is 2.00. The highest BCUT2D eigenvalue weighted by atomic mass is 35.5. The van der Waals surface area contributed by atoms with Crippen LogP contribution in [-0.2, 0) is 11.2 Å². The lowest BCUT2D eigenvalue weighted by molar-refractivity contribution is -0.107. The standard InChI is InChI=1S/C14H10ClFO/c15-11-5-6-13(14(16)9-11)12-4-2-1-3-10(12)7-8-17/h1-6,8-9H,7H2. The second kappa shape index (κ2) is 5.11.